The number of rotatable bonds is 7. The maximum Gasteiger partial charge on any atom is 0.417 e. The molecule has 2 heterocycles. The van der Waals surface area contributed by atoms with Gasteiger partial charge < -0.3 is 15.0 Å². The van der Waals surface area contributed by atoms with Crippen LogP contribution in [-0.4, -0.2) is 61.7 Å². The van der Waals surface area contributed by atoms with Crippen LogP contribution in [0.15, 0.2) is 42.6 Å². The van der Waals surface area contributed by atoms with Gasteiger partial charge in [0.25, 0.3) is 5.91 Å². The van der Waals surface area contributed by atoms with E-state index >= 15 is 0 Å². The van der Waals surface area contributed by atoms with Crippen LogP contribution in [0.3, 0.4) is 0 Å². The number of halogens is 3. The predicted octanol–water partition coefficient (Wildman–Crippen LogP) is 3.05. The van der Waals surface area contributed by atoms with E-state index < -0.39 is 11.7 Å². The second-order valence-corrected chi connectivity index (χ2v) is 6.94. The van der Waals surface area contributed by atoms with E-state index in [1.54, 1.807) is 24.3 Å². The Morgan fingerprint density at radius 1 is 1.10 bits per heavy atom. The highest BCUT2D eigenvalue weighted by molar-refractivity contribution is 5.94. The van der Waals surface area contributed by atoms with E-state index in [0.717, 1.165) is 31.1 Å². The van der Waals surface area contributed by atoms with Crippen molar-refractivity contribution >= 4 is 11.7 Å². The zero-order valence-corrected chi connectivity index (χ0v) is 16.8. The molecule has 0 atom stereocenters. The lowest BCUT2D eigenvalue weighted by Crippen LogP contribution is -2.48. The summed E-state index contributed by atoms with van der Waals surface area (Å²) in [5.74, 6) is 1.14. The summed E-state index contributed by atoms with van der Waals surface area (Å²) in [6.07, 6.45) is -3.50. The summed E-state index contributed by atoms with van der Waals surface area (Å²) in [4.78, 5) is 20.4. The monoisotopic (exact) mass is 422 g/mol. The van der Waals surface area contributed by atoms with Crippen molar-refractivity contribution in [1.29, 1.82) is 0 Å². The number of pyridine rings is 1. The maximum atomic E-state index is 12.6. The fourth-order valence-electron chi connectivity index (χ4n) is 3.24. The number of benzene rings is 1. The number of carbonyl (C=O) groups is 1. The second-order valence-electron chi connectivity index (χ2n) is 6.94. The van der Waals surface area contributed by atoms with E-state index in [4.69, 9.17) is 4.74 Å². The average Bonchev–Trinajstić information content (AvgIpc) is 2.74. The molecule has 3 rings (SSSR count). The number of nitrogens with zero attached hydrogens (tertiary/aromatic N) is 3. The Morgan fingerprint density at radius 2 is 1.80 bits per heavy atom. The summed E-state index contributed by atoms with van der Waals surface area (Å²) in [5.41, 5.74) is -0.162. The molecule has 0 radical (unpaired) electrons. The summed E-state index contributed by atoms with van der Waals surface area (Å²) in [6.45, 7) is 6.55. The van der Waals surface area contributed by atoms with E-state index in [1.807, 2.05) is 11.8 Å². The first-order chi connectivity index (χ1) is 14.4. The Bertz CT molecular complexity index is 818. The summed E-state index contributed by atoms with van der Waals surface area (Å²) in [7, 11) is 0. The standard InChI is InChI=1S/C21H25F3N4O2/c1-2-30-18-6-3-16(4-7-18)20(29)25-9-10-27-11-13-28(14-12-27)19-8-5-17(15-26-19)21(22,23)24/h3-8,15H,2,9-14H2,1H3,(H,25,29). The van der Waals surface area contributed by atoms with Gasteiger partial charge in [-0.1, -0.05) is 0 Å². The van der Waals surface area contributed by atoms with Gasteiger partial charge in [-0.25, -0.2) is 4.98 Å². The molecule has 30 heavy (non-hydrogen) atoms. The van der Waals surface area contributed by atoms with Gasteiger partial charge in [-0.05, 0) is 43.3 Å². The molecule has 0 unspecified atom stereocenters. The lowest BCUT2D eigenvalue weighted by atomic mass is 10.2. The number of aromatic nitrogens is 1. The van der Waals surface area contributed by atoms with Gasteiger partial charge in [0, 0.05) is 51.0 Å². The van der Waals surface area contributed by atoms with Crippen molar-refractivity contribution in [1.82, 2.24) is 15.2 Å². The normalized spacial score (nSPS) is 15.1. The molecule has 1 aromatic heterocycles. The molecule has 2 aromatic rings. The van der Waals surface area contributed by atoms with Crippen molar-refractivity contribution in [3.8, 4) is 5.75 Å². The van der Waals surface area contributed by atoms with E-state index in [-0.39, 0.29) is 5.91 Å². The molecular formula is C21H25F3N4O2. The number of hydrogen-bond donors (Lipinski definition) is 1. The van der Waals surface area contributed by atoms with Crippen LogP contribution in [0.1, 0.15) is 22.8 Å². The summed E-state index contributed by atoms with van der Waals surface area (Å²) < 4.78 is 43.3. The lowest BCUT2D eigenvalue weighted by Gasteiger charge is -2.35. The number of hydrogen-bond acceptors (Lipinski definition) is 5. The first-order valence-electron chi connectivity index (χ1n) is 9.88. The highest BCUT2D eigenvalue weighted by Gasteiger charge is 2.31. The van der Waals surface area contributed by atoms with Crippen LogP contribution in [0.2, 0.25) is 0 Å². The molecule has 1 fully saturated rings. The average molecular weight is 422 g/mol. The van der Waals surface area contributed by atoms with Crippen LogP contribution < -0.4 is 15.0 Å². The molecule has 162 valence electrons. The number of carbonyl (C=O) groups excluding carboxylic acids is 1. The number of nitrogens with one attached hydrogen (secondary N) is 1. The minimum absolute atomic E-state index is 0.134. The lowest BCUT2D eigenvalue weighted by molar-refractivity contribution is -0.137. The van der Waals surface area contributed by atoms with Crippen LogP contribution >= 0.6 is 0 Å². The molecule has 0 aliphatic carbocycles. The number of ether oxygens (including phenoxy) is 1. The van der Waals surface area contributed by atoms with Gasteiger partial charge in [-0.15, -0.1) is 0 Å². The zero-order chi connectivity index (χ0) is 21.6. The van der Waals surface area contributed by atoms with Crippen LogP contribution in [0.25, 0.3) is 0 Å². The van der Waals surface area contributed by atoms with Crippen molar-refractivity contribution in [2.75, 3.05) is 50.8 Å². The van der Waals surface area contributed by atoms with Crippen LogP contribution in [0, 0.1) is 0 Å². The number of alkyl halides is 3. The van der Waals surface area contributed by atoms with Gasteiger partial charge in [0.1, 0.15) is 11.6 Å². The minimum atomic E-state index is -4.38. The molecule has 1 aliphatic heterocycles. The Labute approximate surface area is 173 Å². The summed E-state index contributed by atoms with van der Waals surface area (Å²) in [5, 5.41) is 2.91. The Balaban J connectivity index is 1.40. The first kappa shape index (κ1) is 21.9. The van der Waals surface area contributed by atoms with Gasteiger partial charge in [0.05, 0.1) is 12.2 Å². The SMILES string of the molecule is CCOc1ccc(C(=O)NCCN2CCN(c3ccc(C(F)(F)F)cn3)CC2)cc1. The summed E-state index contributed by atoms with van der Waals surface area (Å²) in [6, 6.07) is 9.48. The topological polar surface area (TPSA) is 57.7 Å². The molecule has 0 bridgehead atoms. The third kappa shape index (κ3) is 5.85. The van der Waals surface area contributed by atoms with E-state index in [1.165, 1.54) is 6.07 Å². The molecule has 1 aliphatic rings. The van der Waals surface area contributed by atoms with Crippen LogP contribution in [0.5, 0.6) is 5.75 Å². The fourth-order valence-corrected chi connectivity index (χ4v) is 3.24. The van der Waals surface area contributed by atoms with Gasteiger partial charge in [-0.3, -0.25) is 9.69 Å². The molecular weight excluding hydrogens is 397 g/mol. The Morgan fingerprint density at radius 3 is 2.37 bits per heavy atom. The Kier molecular flexibility index (Phi) is 7.15. The minimum Gasteiger partial charge on any atom is -0.494 e. The molecule has 6 nitrogen and oxygen atoms in total. The van der Waals surface area contributed by atoms with Crippen molar-refractivity contribution < 1.29 is 22.7 Å². The molecule has 9 heteroatoms. The van der Waals surface area contributed by atoms with Crippen LogP contribution in [0.4, 0.5) is 19.0 Å². The maximum absolute atomic E-state index is 12.6. The third-order valence-electron chi connectivity index (χ3n) is 4.91. The van der Waals surface area contributed by atoms with Gasteiger partial charge in [0.15, 0.2) is 0 Å². The number of amides is 1. The van der Waals surface area contributed by atoms with Crippen molar-refractivity contribution in [2.24, 2.45) is 0 Å². The molecule has 1 aromatic carbocycles. The molecule has 1 amide bonds. The quantitative estimate of drug-likeness (QED) is 0.743. The molecule has 1 saturated heterocycles. The van der Waals surface area contributed by atoms with E-state index in [0.29, 0.717) is 44.2 Å². The highest BCUT2D eigenvalue weighted by atomic mass is 19.4. The van der Waals surface area contributed by atoms with Crippen molar-refractivity contribution in [3.63, 3.8) is 0 Å². The highest BCUT2D eigenvalue weighted by Crippen LogP contribution is 2.29. The number of anilines is 1. The van der Waals surface area contributed by atoms with E-state index in [9.17, 15) is 18.0 Å². The van der Waals surface area contributed by atoms with Crippen molar-refractivity contribution in [2.45, 2.75) is 13.1 Å². The second kappa shape index (κ2) is 9.80. The molecule has 1 N–H and O–H groups in total. The predicted molar refractivity (Wildman–Crippen MR) is 108 cm³/mol. The van der Waals surface area contributed by atoms with Crippen molar-refractivity contribution in [3.05, 3.63) is 53.7 Å². The first-order valence-corrected chi connectivity index (χ1v) is 9.88. The van der Waals surface area contributed by atoms with Gasteiger partial charge >= 0.3 is 6.18 Å². The number of piperazine rings is 1. The fraction of sp³-hybridized carbons (Fsp3) is 0.429. The summed E-state index contributed by atoms with van der Waals surface area (Å²) >= 11 is 0. The largest absolute Gasteiger partial charge is 0.494 e. The zero-order valence-electron chi connectivity index (χ0n) is 16.8. The van der Waals surface area contributed by atoms with Gasteiger partial charge in [0.2, 0.25) is 0 Å². The third-order valence-corrected chi connectivity index (χ3v) is 4.91. The van der Waals surface area contributed by atoms with Gasteiger partial charge in [-0.2, -0.15) is 13.2 Å². The molecule has 0 spiro atoms. The smallest absolute Gasteiger partial charge is 0.417 e. The Hall–Kier alpha value is -2.81. The van der Waals surface area contributed by atoms with Crippen LogP contribution in [-0.2, 0) is 6.18 Å². The van der Waals surface area contributed by atoms with E-state index in [2.05, 4.69) is 15.2 Å². The molecule has 0 saturated carbocycles.